The number of fused-ring (bicyclic) bond motifs is 1. The Morgan fingerprint density at radius 2 is 1.26 bits per heavy atom. The SMILES string of the molecule is CCCCCCC1(CCCCC(C/C=C/[C@@H]2OC(C)(C)O[C@H]2CO[Si](c2ccccc2)(c2ccccc2)C(C)(C)C)S(=O)(=O)c2ccccc2)Oc2ccccc2O1. The molecule has 3 atom stereocenters. The Balaban J connectivity index is 1.17. The van der Waals surface area contributed by atoms with Gasteiger partial charge in [0.1, 0.15) is 12.2 Å². The molecule has 0 radical (unpaired) electrons. The van der Waals surface area contributed by atoms with Crippen molar-refractivity contribution in [2.45, 2.75) is 145 Å². The first-order chi connectivity index (χ1) is 27.8. The van der Waals surface area contributed by atoms with Crippen LogP contribution in [0.15, 0.2) is 132 Å². The van der Waals surface area contributed by atoms with E-state index in [2.05, 4.69) is 76.2 Å². The predicted octanol–water partition coefficient (Wildman–Crippen LogP) is 10.6. The maximum atomic E-state index is 14.2. The molecule has 0 aromatic heterocycles. The van der Waals surface area contributed by atoms with Gasteiger partial charge >= 0.3 is 0 Å². The quantitative estimate of drug-likeness (QED) is 0.0499. The van der Waals surface area contributed by atoms with Crippen LogP contribution in [0.25, 0.3) is 0 Å². The minimum Gasteiger partial charge on any atom is -0.448 e. The smallest absolute Gasteiger partial charge is 0.261 e. The highest BCUT2D eigenvalue weighted by molar-refractivity contribution is 7.92. The molecule has 9 heteroatoms. The molecular formula is C49H64O7SSi. The fraction of sp³-hybridized carbons (Fsp3) is 0.469. The van der Waals surface area contributed by atoms with Crippen molar-refractivity contribution in [3.63, 3.8) is 0 Å². The van der Waals surface area contributed by atoms with Gasteiger partial charge in [0.2, 0.25) is 0 Å². The minimum absolute atomic E-state index is 0.191. The van der Waals surface area contributed by atoms with Crippen molar-refractivity contribution in [3.05, 3.63) is 127 Å². The van der Waals surface area contributed by atoms with Gasteiger partial charge in [-0.25, -0.2) is 8.42 Å². The lowest BCUT2D eigenvalue weighted by molar-refractivity contribution is -0.145. The molecule has 4 aromatic rings. The molecule has 0 N–H and O–H groups in total. The molecule has 0 aliphatic carbocycles. The van der Waals surface area contributed by atoms with E-state index in [1.807, 2.05) is 68.5 Å². The second kappa shape index (κ2) is 19.1. The third-order valence-corrected chi connectivity index (χ3v) is 18.8. The predicted molar refractivity (Wildman–Crippen MR) is 236 cm³/mol. The summed E-state index contributed by atoms with van der Waals surface area (Å²) in [5.41, 5.74) is 0. The molecule has 2 aliphatic heterocycles. The average Bonchev–Trinajstić information content (AvgIpc) is 3.73. The van der Waals surface area contributed by atoms with Crippen molar-refractivity contribution < 1.29 is 31.8 Å². The van der Waals surface area contributed by atoms with Gasteiger partial charge in [0, 0.05) is 12.8 Å². The van der Waals surface area contributed by atoms with Gasteiger partial charge in [0.25, 0.3) is 14.1 Å². The third-order valence-electron chi connectivity index (χ3n) is 11.5. The molecule has 2 aliphatic rings. The second-order valence-electron chi connectivity index (χ2n) is 17.4. The number of sulfone groups is 1. The highest BCUT2D eigenvalue weighted by Gasteiger charge is 2.52. The minimum atomic E-state index is -3.62. The molecule has 7 nitrogen and oxygen atoms in total. The Hall–Kier alpha value is -3.73. The molecule has 0 saturated carbocycles. The summed E-state index contributed by atoms with van der Waals surface area (Å²) in [7, 11) is -6.45. The van der Waals surface area contributed by atoms with Gasteiger partial charge < -0.3 is 23.4 Å². The van der Waals surface area contributed by atoms with Crippen LogP contribution in [0.3, 0.4) is 0 Å². The Morgan fingerprint density at radius 3 is 1.81 bits per heavy atom. The van der Waals surface area contributed by atoms with Gasteiger partial charge in [-0.3, -0.25) is 0 Å². The first-order valence-corrected chi connectivity index (χ1v) is 24.8. The second-order valence-corrected chi connectivity index (χ2v) is 23.9. The largest absolute Gasteiger partial charge is 0.448 e. The molecule has 6 rings (SSSR count). The molecule has 0 bridgehead atoms. The number of rotatable bonds is 20. The number of allylic oxidation sites excluding steroid dienone is 1. The van der Waals surface area contributed by atoms with E-state index in [4.69, 9.17) is 23.4 Å². The molecule has 1 fully saturated rings. The van der Waals surface area contributed by atoms with Gasteiger partial charge in [0.15, 0.2) is 27.1 Å². The van der Waals surface area contributed by atoms with E-state index in [9.17, 15) is 8.42 Å². The fourth-order valence-corrected chi connectivity index (χ4v) is 15.0. The summed E-state index contributed by atoms with van der Waals surface area (Å²) in [6.45, 7) is 13.2. The average molecular weight is 825 g/mol. The van der Waals surface area contributed by atoms with Crippen molar-refractivity contribution in [2.75, 3.05) is 6.61 Å². The van der Waals surface area contributed by atoms with Crippen LogP contribution in [0.1, 0.15) is 106 Å². The summed E-state index contributed by atoms with van der Waals surface area (Å²) in [6, 6.07) is 37.9. The van der Waals surface area contributed by atoms with Crippen molar-refractivity contribution in [3.8, 4) is 11.5 Å². The lowest BCUT2D eigenvalue weighted by Crippen LogP contribution is -2.67. The third kappa shape index (κ3) is 10.3. The van der Waals surface area contributed by atoms with Crippen molar-refractivity contribution in [1.29, 1.82) is 0 Å². The molecular weight excluding hydrogens is 761 g/mol. The Morgan fingerprint density at radius 1 is 0.724 bits per heavy atom. The first kappa shape index (κ1) is 43.8. The van der Waals surface area contributed by atoms with Crippen LogP contribution in [-0.4, -0.2) is 52.4 Å². The van der Waals surface area contributed by atoms with Crippen molar-refractivity contribution >= 4 is 28.5 Å². The highest BCUT2D eigenvalue weighted by Crippen LogP contribution is 2.44. The van der Waals surface area contributed by atoms with Crippen LogP contribution in [-0.2, 0) is 23.7 Å². The Kier molecular flexibility index (Phi) is 14.4. The number of hydrogen-bond acceptors (Lipinski definition) is 7. The number of unbranched alkanes of at least 4 members (excludes halogenated alkanes) is 4. The molecule has 0 amide bonds. The van der Waals surface area contributed by atoms with Crippen LogP contribution >= 0.6 is 0 Å². The summed E-state index contributed by atoms with van der Waals surface area (Å²) in [5, 5.41) is 1.59. The lowest BCUT2D eigenvalue weighted by Gasteiger charge is -2.43. The van der Waals surface area contributed by atoms with E-state index >= 15 is 0 Å². The zero-order valence-corrected chi connectivity index (χ0v) is 37.2. The van der Waals surface area contributed by atoms with Crippen LogP contribution in [0, 0.1) is 0 Å². The maximum absolute atomic E-state index is 14.2. The van der Waals surface area contributed by atoms with Crippen LogP contribution in [0.4, 0.5) is 0 Å². The number of benzene rings is 4. The highest BCUT2D eigenvalue weighted by atomic mass is 32.2. The Bertz CT molecular complexity index is 1950. The number of ether oxygens (including phenoxy) is 4. The molecule has 0 spiro atoms. The molecule has 2 heterocycles. The first-order valence-electron chi connectivity index (χ1n) is 21.3. The topological polar surface area (TPSA) is 80.3 Å². The van der Waals surface area contributed by atoms with E-state index in [-0.39, 0.29) is 11.1 Å². The zero-order valence-electron chi connectivity index (χ0n) is 35.4. The molecule has 312 valence electrons. The molecule has 1 saturated heterocycles. The molecule has 58 heavy (non-hydrogen) atoms. The fourth-order valence-electron chi connectivity index (χ4n) is 8.65. The van der Waals surface area contributed by atoms with Gasteiger partial charge in [-0.15, -0.1) is 0 Å². The van der Waals surface area contributed by atoms with Gasteiger partial charge in [0.05, 0.1) is 16.8 Å². The monoisotopic (exact) mass is 824 g/mol. The van der Waals surface area contributed by atoms with Crippen LogP contribution in [0.2, 0.25) is 5.04 Å². The van der Waals surface area contributed by atoms with Crippen LogP contribution < -0.4 is 19.8 Å². The normalized spacial score (nSPS) is 19.4. The summed E-state index contributed by atoms with van der Waals surface area (Å²) < 4.78 is 61.7. The van der Waals surface area contributed by atoms with Crippen LogP contribution in [0.5, 0.6) is 11.5 Å². The summed E-state index contributed by atoms with van der Waals surface area (Å²) in [6.07, 6.45) is 11.5. The zero-order chi connectivity index (χ0) is 41.3. The van der Waals surface area contributed by atoms with Gasteiger partial charge in [-0.2, -0.15) is 0 Å². The molecule has 1 unspecified atom stereocenters. The standard InChI is InChI=1S/C49H64O7SSi/c1-7-8-9-22-36-49(55-43-33-19-20-34-44(43)56-49)37-23-21-27-40(57(50,51)39-25-13-10-14-26-39)28-24-35-45-46(54-48(5,6)53-45)38-52-58(47(2,3)4,41-29-15-11-16-30-41)42-31-17-12-18-32-42/h10-20,24-26,29-35,40,45-46H,7-9,21-23,27-28,36-38H2,1-6H3/b35-24+/t40?,45-,46-/m0/s1. The van der Waals surface area contributed by atoms with E-state index in [1.54, 1.807) is 24.3 Å². The summed E-state index contributed by atoms with van der Waals surface area (Å²) in [4.78, 5) is 0.344. The summed E-state index contributed by atoms with van der Waals surface area (Å²) >= 11 is 0. The van der Waals surface area contributed by atoms with E-state index < -0.39 is 41.1 Å². The maximum Gasteiger partial charge on any atom is 0.261 e. The van der Waals surface area contributed by atoms with E-state index in [1.165, 1.54) is 16.8 Å². The number of para-hydroxylation sites is 2. The lowest BCUT2D eigenvalue weighted by atomic mass is 9.99. The Labute approximate surface area is 349 Å². The summed E-state index contributed by atoms with van der Waals surface area (Å²) in [5.74, 6) is 0.0116. The van der Waals surface area contributed by atoms with Crippen molar-refractivity contribution in [1.82, 2.24) is 0 Å². The number of hydrogen-bond donors (Lipinski definition) is 0. The van der Waals surface area contributed by atoms with E-state index in [0.29, 0.717) is 30.8 Å². The van der Waals surface area contributed by atoms with Gasteiger partial charge in [-0.1, -0.05) is 157 Å². The van der Waals surface area contributed by atoms with E-state index in [0.717, 1.165) is 50.0 Å². The van der Waals surface area contributed by atoms with Crippen molar-refractivity contribution in [2.24, 2.45) is 0 Å². The molecule has 4 aromatic carbocycles. The van der Waals surface area contributed by atoms with Gasteiger partial charge in [-0.05, 0) is 79.2 Å².